The molecule has 0 saturated heterocycles. The van der Waals surface area contributed by atoms with Crippen LogP contribution in [0.3, 0.4) is 0 Å². The molecule has 1 aromatic carbocycles. The van der Waals surface area contributed by atoms with Crippen LogP contribution in [0.2, 0.25) is 0 Å². The number of carbonyl (C=O) groups is 3. The van der Waals surface area contributed by atoms with Gasteiger partial charge in [0.15, 0.2) is 0 Å². The molecule has 0 aliphatic carbocycles. The summed E-state index contributed by atoms with van der Waals surface area (Å²) >= 11 is 0. The number of halogens is 1. The lowest BCUT2D eigenvalue weighted by Crippen LogP contribution is -2.48. The first-order valence-electron chi connectivity index (χ1n) is 8.77. The molecule has 0 bridgehead atoms. The molecule has 1 aliphatic heterocycles. The molecule has 0 aromatic heterocycles. The SMILES string of the molecule is COCCOC(=O)C1=C(C)N(CCCC(=O)O)C(=O)N[C@H]1c1cccc(F)c1. The second-order valence-corrected chi connectivity index (χ2v) is 6.21. The minimum absolute atomic E-state index is 0.0228. The maximum atomic E-state index is 13.7. The molecule has 1 atom stereocenters. The molecule has 1 heterocycles. The Hall–Kier alpha value is -2.94. The third-order valence-electron chi connectivity index (χ3n) is 4.29. The Balaban J connectivity index is 2.36. The van der Waals surface area contributed by atoms with Gasteiger partial charge in [0.25, 0.3) is 0 Å². The van der Waals surface area contributed by atoms with Crippen molar-refractivity contribution in [3.05, 3.63) is 46.9 Å². The zero-order valence-electron chi connectivity index (χ0n) is 15.7. The Labute approximate surface area is 161 Å². The molecule has 0 unspecified atom stereocenters. The molecule has 28 heavy (non-hydrogen) atoms. The Morgan fingerprint density at radius 1 is 1.32 bits per heavy atom. The molecular weight excluding hydrogens is 371 g/mol. The number of esters is 1. The third-order valence-corrected chi connectivity index (χ3v) is 4.29. The fraction of sp³-hybridized carbons (Fsp3) is 0.421. The maximum Gasteiger partial charge on any atom is 0.338 e. The van der Waals surface area contributed by atoms with Gasteiger partial charge < -0.3 is 19.9 Å². The summed E-state index contributed by atoms with van der Waals surface area (Å²) in [4.78, 5) is 37.3. The summed E-state index contributed by atoms with van der Waals surface area (Å²) in [6.07, 6.45) is 0.106. The highest BCUT2D eigenvalue weighted by Crippen LogP contribution is 2.31. The molecule has 0 spiro atoms. The Kier molecular flexibility index (Phi) is 7.51. The number of hydrogen-bond acceptors (Lipinski definition) is 5. The molecule has 9 heteroatoms. The number of nitrogens with zero attached hydrogens (tertiary/aromatic N) is 1. The lowest BCUT2D eigenvalue weighted by Gasteiger charge is -2.35. The summed E-state index contributed by atoms with van der Waals surface area (Å²) in [7, 11) is 1.47. The summed E-state index contributed by atoms with van der Waals surface area (Å²) in [5, 5.41) is 11.5. The van der Waals surface area contributed by atoms with Crippen molar-refractivity contribution < 1.29 is 33.4 Å². The third kappa shape index (κ3) is 5.29. The van der Waals surface area contributed by atoms with E-state index in [9.17, 15) is 18.8 Å². The predicted octanol–water partition coefficient (Wildman–Crippen LogP) is 2.22. The van der Waals surface area contributed by atoms with Crippen LogP contribution in [0.4, 0.5) is 9.18 Å². The van der Waals surface area contributed by atoms with Crippen molar-refractivity contribution in [2.45, 2.75) is 25.8 Å². The predicted molar refractivity (Wildman–Crippen MR) is 96.8 cm³/mol. The number of rotatable bonds is 9. The summed E-state index contributed by atoms with van der Waals surface area (Å²) < 4.78 is 23.8. The van der Waals surface area contributed by atoms with Crippen LogP contribution in [0.5, 0.6) is 0 Å². The van der Waals surface area contributed by atoms with E-state index in [1.165, 1.54) is 30.2 Å². The fourth-order valence-electron chi connectivity index (χ4n) is 2.93. The average Bonchev–Trinajstić information content (AvgIpc) is 2.63. The van der Waals surface area contributed by atoms with Crippen LogP contribution in [0.1, 0.15) is 31.4 Å². The monoisotopic (exact) mass is 394 g/mol. The fourth-order valence-corrected chi connectivity index (χ4v) is 2.93. The molecule has 152 valence electrons. The standard InChI is InChI=1S/C19H23FN2O6/c1-12-16(18(25)28-10-9-27-2)17(13-5-3-6-14(20)11-13)21-19(26)22(12)8-4-7-15(23)24/h3,5-6,11,17H,4,7-10H2,1-2H3,(H,21,26)(H,23,24)/t17-/m0/s1. The molecule has 0 saturated carbocycles. The number of methoxy groups -OCH3 is 1. The van der Waals surface area contributed by atoms with Gasteiger partial charge in [-0.3, -0.25) is 9.69 Å². The van der Waals surface area contributed by atoms with E-state index in [1.54, 1.807) is 13.0 Å². The molecule has 1 aromatic rings. The summed E-state index contributed by atoms with van der Waals surface area (Å²) in [5.74, 6) is -2.14. The topological polar surface area (TPSA) is 105 Å². The summed E-state index contributed by atoms with van der Waals surface area (Å²) in [5.41, 5.74) is 0.902. The van der Waals surface area contributed by atoms with Gasteiger partial charge in [-0.25, -0.2) is 14.0 Å². The molecule has 2 amide bonds. The number of carboxylic acid groups (broad SMARTS) is 1. The molecule has 2 N–H and O–H groups in total. The van der Waals surface area contributed by atoms with E-state index in [-0.39, 0.29) is 38.2 Å². The van der Waals surface area contributed by atoms with Crippen LogP contribution < -0.4 is 5.32 Å². The number of carboxylic acids is 1. The van der Waals surface area contributed by atoms with Gasteiger partial charge in [-0.2, -0.15) is 0 Å². The number of urea groups is 1. The largest absolute Gasteiger partial charge is 0.481 e. The number of hydrogen-bond donors (Lipinski definition) is 2. The van der Waals surface area contributed by atoms with Crippen LogP contribution in [0.15, 0.2) is 35.5 Å². The zero-order chi connectivity index (χ0) is 20.7. The number of carbonyl (C=O) groups excluding carboxylic acids is 2. The molecule has 8 nitrogen and oxygen atoms in total. The smallest absolute Gasteiger partial charge is 0.338 e. The van der Waals surface area contributed by atoms with E-state index in [4.69, 9.17) is 14.6 Å². The van der Waals surface area contributed by atoms with Gasteiger partial charge in [-0.1, -0.05) is 12.1 Å². The van der Waals surface area contributed by atoms with Gasteiger partial charge in [0.2, 0.25) is 0 Å². The highest BCUT2D eigenvalue weighted by atomic mass is 19.1. The molecule has 0 fully saturated rings. The quantitative estimate of drug-likeness (QED) is 0.492. The Morgan fingerprint density at radius 3 is 2.71 bits per heavy atom. The molecule has 2 rings (SSSR count). The van der Waals surface area contributed by atoms with E-state index in [1.807, 2.05) is 0 Å². The first-order chi connectivity index (χ1) is 13.3. The lowest BCUT2D eigenvalue weighted by atomic mass is 9.94. The first kappa shape index (κ1) is 21.4. The van der Waals surface area contributed by atoms with Crippen LogP contribution >= 0.6 is 0 Å². The Morgan fingerprint density at radius 2 is 2.07 bits per heavy atom. The second-order valence-electron chi connectivity index (χ2n) is 6.21. The number of amides is 2. The van der Waals surface area contributed by atoms with E-state index in [0.29, 0.717) is 11.3 Å². The number of benzene rings is 1. The molecule has 1 aliphatic rings. The van der Waals surface area contributed by atoms with Crippen molar-refractivity contribution in [1.29, 1.82) is 0 Å². The normalized spacial score (nSPS) is 16.8. The van der Waals surface area contributed by atoms with E-state index in [0.717, 1.165) is 0 Å². The maximum absolute atomic E-state index is 13.7. The minimum Gasteiger partial charge on any atom is -0.481 e. The van der Waals surface area contributed by atoms with Crippen molar-refractivity contribution in [1.82, 2.24) is 10.2 Å². The van der Waals surface area contributed by atoms with Gasteiger partial charge in [0, 0.05) is 25.8 Å². The van der Waals surface area contributed by atoms with Crippen molar-refractivity contribution in [2.24, 2.45) is 0 Å². The minimum atomic E-state index is -0.976. The van der Waals surface area contributed by atoms with Gasteiger partial charge in [-0.15, -0.1) is 0 Å². The molecule has 0 radical (unpaired) electrons. The van der Waals surface area contributed by atoms with Crippen molar-refractivity contribution >= 4 is 18.0 Å². The van der Waals surface area contributed by atoms with Gasteiger partial charge in [-0.05, 0) is 31.0 Å². The number of aliphatic carboxylic acids is 1. The van der Waals surface area contributed by atoms with Crippen molar-refractivity contribution in [2.75, 3.05) is 26.9 Å². The number of nitrogens with one attached hydrogen (secondary N) is 1. The zero-order valence-corrected chi connectivity index (χ0v) is 15.7. The van der Waals surface area contributed by atoms with E-state index < -0.39 is 29.8 Å². The van der Waals surface area contributed by atoms with E-state index in [2.05, 4.69) is 5.32 Å². The van der Waals surface area contributed by atoms with Crippen LogP contribution in [-0.2, 0) is 19.1 Å². The highest BCUT2D eigenvalue weighted by Gasteiger charge is 2.36. The summed E-state index contributed by atoms with van der Waals surface area (Å²) in [6, 6.07) is 4.21. The second kappa shape index (κ2) is 9.84. The van der Waals surface area contributed by atoms with Crippen molar-refractivity contribution in [3.63, 3.8) is 0 Å². The van der Waals surface area contributed by atoms with Gasteiger partial charge in [0.05, 0.1) is 18.2 Å². The Bertz CT molecular complexity index is 779. The highest BCUT2D eigenvalue weighted by molar-refractivity contribution is 5.95. The van der Waals surface area contributed by atoms with Gasteiger partial charge in [0.1, 0.15) is 12.4 Å². The van der Waals surface area contributed by atoms with E-state index >= 15 is 0 Å². The van der Waals surface area contributed by atoms with Crippen LogP contribution in [0, 0.1) is 5.82 Å². The van der Waals surface area contributed by atoms with Crippen LogP contribution in [-0.4, -0.2) is 54.8 Å². The number of ether oxygens (including phenoxy) is 2. The lowest BCUT2D eigenvalue weighted by molar-refractivity contribution is -0.141. The van der Waals surface area contributed by atoms with Gasteiger partial charge >= 0.3 is 18.0 Å². The van der Waals surface area contributed by atoms with Crippen molar-refractivity contribution in [3.8, 4) is 0 Å². The average molecular weight is 394 g/mol. The first-order valence-corrected chi connectivity index (χ1v) is 8.77. The summed E-state index contributed by atoms with van der Waals surface area (Å²) in [6.45, 7) is 1.93. The van der Waals surface area contributed by atoms with Crippen LogP contribution in [0.25, 0.3) is 0 Å². The number of allylic oxidation sites excluding steroid dienone is 1. The molecular formula is C19H23FN2O6.